The molecule has 3 N–H and O–H groups in total. The van der Waals surface area contributed by atoms with E-state index >= 15 is 0 Å². The normalized spacial score (nSPS) is 14.8. The molecule has 2 rings (SSSR count). The fourth-order valence-corrected chi connectivity index (χ4v) is 1.69. The minimum atomic E-state index is -0.506. The van der Waals surface area contributed by atoms with Crippen LogP contribution in [0.3, 0.4) is 0 Å². The molecule has 1 aliphatic rings. The summed E-state index contributed by atoms with van der Waals surface area (Å²) in [6.07, 6.45) is 1.89. The summed E-state index contributed by atoms with van der Waals surface area (Å²) in [5, 5.41) is 7.29. The van der Waals surface area contributed by atoms with Crippen LogP contribution in [0.2, 0.25) is 0 Å². The second kappa shape index (κ2) is 2.76. The summed E-state index contributed by atoms with van der Waals surface area (Å²) in [5.74, 6) is 0. The van der Waals surface area contributed by atoms with Crippen molar-refractivity contribution in [1.82, 2.24) is 9.78 Å². The molecule has 5 nitrogen and oxygen atoms in total. The van der Waals surface area contributed by atoms with Crippen LogP contribution < -0.4 is 11.1 Å². The molecule has 0 fully saturated rings. The van der Waals surface area contributed by atoms with E-state index in [1.165, 1.54) is 4.68 Å². The van der Waals surface area contributed by atoms with Crippen LogP contribution in [-0.4, -0.2) is 22.4 Å². The second-order valence-corrected chi connectivity index (χ2v) is 3.19. The van der Waals surface area contributed by atoms with Crippen molar-refractivity contribution in [3.63, 3.8) is 0 Å². The number of nitrogens with zero attached hydrogens (tertiary/aromatic N) is 2. The Balaban J connectivity index is 2.53. The van der Waals surface area contributed by atoms with Crippen LogP contribution in [-0.2, 0) is 6.42 Å². The molecule has 5 heteroatoms. The number of amides is 1. The summed E-state index contributed by atoms with van der Waals surface area (Å²) < 4.78 is 1.29. The number of anilines is 1. The van der Waals surface area contributed by atoms with Crippen molar-refractivity contribution < 1.29 is 4.79 Å². The lowest BCUT2D eigenvalue weighted by molar-refractivity contribution is 0.247. The highest BCUT2D eigenvalue weighted by Gasteiger charge is 2.20. The maximum Gasteiger partial charge on any atom is 0.339 e. The zero-order valence-corrected chi connectivity index (χ0v) is 7.50. The Bertz CT molecular complexity index is 355. The Morgan fingerprint density at radius 3 is 3.15 bits per heavy atom. The predicted molar refractivity (Wildman–Crippen MR) is 48.8 cm³/mol. The molecule has 2 heterocycles. The highest BCUT2D eigenvalue weighted by atomic mass is 16.2. The van der Waals surface area contributed by atoms with E-state index in [1.807, 2.05) is 6.92 Å². The van der Waals surface area contributed by atoms with Gasteiger partial charge >= 0.3 is 6.03 Å². The Labute approximate surface area is 75.9 Å². The number of hydrogen-bond donors (Lipinski definition) is 2. The molecule has 1 aliphatic heterocycles. The zero-order valence-electron chi connectivity index (χ0n) is 7.50. The first-order valence-electron chi connectivity index (χ1n) is 4.32. The summed E-state index contributed by atoms with van der Waals surface area (Å²) in [4.78, 5) is 11.0. The van der Waals surface area contributed by atoms with E-state index < -0.39 is 6.03 Å². The molecule has 0 atom stereocenters. The van der Waals surface area contributed by atoms with Gasteiger partial charge in [-0.1, -0.05) is 0 Å². The summed E-state index contributed by atoms with van der Waals surface area (Å²) in [5.41, 5.74) is 7.92. The maximum absolute atomic E-state index is 11.0. The first-order valence-corrected chi connectivity index (χ1v) is 4.32. The Morgan fingerprint density at radius 2 is 2.46 bits per heavy atom. The van der Waals surface area contributed by atoms with Crippen molar-refractivity contribution in [1.29, 1.82) is 0 Å². The van der Waals surface area contributed by atoms with Crippen LogP contribution >= 0.6 is 0 Å². The van der Waals surface area contributed by atoms with Gasteiger partial charge in [-0.25, -0.2) is 4.79 Å². The average Bonchev–Trinajstić information content (AvgIpc) is 2.45. The third-order valence-electron chi connectivity index (χ3n) is 2.26. The summed E-state index contributed by atoms with van der Waals surface area (Å²) >= 11 is 0. The predicted octanol–water partition coefficient (Wildman–Crippen LogP) is 0.476. The minimum absolute atomic E-state index is 0.506. The number of aryl methyl sites for hydroxylation is 1. The molecule has 70 valence electrons. The van der Waals surface area contributed by atoms with Crippen molar-refractivity contribution >= 4 is 11.7 Å². The van der Waals surface area contributed by atoms with Gasteiger partial charge in [0.25, 0.3) is 0 Å². The molecular formula is C8H12N4O. The molecule has 0 saturated carbocycles. The number of rotatable bonds is 0. The summed E-state index contributed by atoms with van der Waals surface area (Å²) in [7, 11) is 0. The number of hydrogen-bond acceptors (Lipinski definition) is 3. The Kier molecular flexibility index (Phi) is 1.72. The van der Waals surface area contributed by atoms with Gasteiger partial charge in [0, 0.05) is 6.54 Å². The zero-order chi connectivity index (χ0) is 9.42. The van der Waals surface area contributed by atoms with Crippen LogP contribution in [0.15, 0.2) is 0 Å². The van der Waals surface area contributed by atoms with Crippen LogP contribution in [0.25, 0.3) is 0 Å². The van der Waals surface area contributed by atoms with E-state index in [-0.39, 0.29) is 0 Å². The highest BCUT2D eigenvalue weighted by molar-refractivity contribution is 5.77. The number of nitrogens with one attached hydrogen (secondary N) is 1. The largest absolute Gasteiger partial charge is 0.382 e. The maximum atomic E-state index is 11.0. The molecule has 1 aromatic heterocycles. The molecule has 0 spiro atoms. The number of nitrogens with two attached hydrogens (primary N) is 1. The van der Waals surface area contributed by atoms with Gasteiger partial charge in [-0.05, 0) is 19.8 Å². The minimum Gasteiger partial charge on any atom is -0.382 e. The molecule has 0 radical (unpaired) electrons. The number of primary amides is 1. The molecule has 0 aromatic carbocycles. The molecule has 13 heavy (non-hydrogen) atoms. The second-order valence-electron chi connectivity index (χ2n) is 3.19. The Morgan fingerprint density at radius 1 is 1.69 bits per heavy atom. The van der Waals surface area contributed by atoms with E-state index in [0.717, 1.165) is 36.5 Å². The molecule has 1 amide bonds. The van der Waals surface area contributed by atoms with Gasteiger partial charge in [-0.2, -0.15) is 9.78 Å². The van der Waals surface area contributed by atoms with Gasteiger partial charge in [0.15, 0.2) is 0 Å². The number of carbonyl (C=O) groups is 1. The highest BCUT2D eigenvalue weighted by Crippen LogP contribution is 2.24. The molecular weight excluding hydrogens is 168 g/mol. The Hall–Kier alpha value is -1.52. The monoisotopic (exact) mass is 180 g/mol. The third-order valence-corrected chi connectivity index (χ3v) is 2.26. The van der Waals surface area contributed by atoms with Crippen LogP contribution in [0.4, 0.5) is 10.5 Å². The number of carbonyl (C=O) groups excluding carboxylic acids is 1. The fraction of sp³-hybridized carbons (Fsp3) is 0.500. The first-order chi connectivity index (χ1) is 6.20. The summed E-state index contributed by atoms with van der Waals surface area (Å²) in [6, 6.07) is -0.506. The molecule has 0 unspecified atom stereocenters. The SMILES string of the molecule is Cc1nn(C(N)=O)c2c1NCCC2. The van der Waals surface area contributed by atoms with Gasteiger partial charge in [-0.15, -0.1) is 0 Å². The van der Waals surface area contributed by atoms with Crippen molar-refractivity contribution in [3.8, 4) is 0 Å². The third kappa shape index (κ3) is 1.16. The van der Waals surface area contributed by atoms with E-state index in [0.29, 0.717) is 0 Å². The van der Waals surface area contributed by atoms with Gasteiger partial charge in [0.05, 0.1) is 17.1 Å². The van der Waals surface area contributed by atoms with Crippen LogP contribution in [0.5, 0.6) is 0 Å². The van der Waals surface area contributed by atoms with E-state index in [4.69, 9.17) is 5.73 Å². The van der Waals surface area contributed by atoms with Crippen LogP contribution in [0.1, 0.15) is 17.8 Å². The quantitative estimate of drug-likeness (QED) is 0.609. The lowest BCUT2D eigenvalue weighted by Gasteiger charge is -2.14. The lowest BCUT2D eigenvalue weighted by Crippen LogP contribution is -2.24. The van der Waals surface area contributed by atoms with E-state index in [2.05, 4.69) is 10.4 Å². The number of aromatic nitrogens is 2. The molecule has 1 aromatic rings. The fourth-order valence-electron chi connectivity index (χ4n) is 1.69. The topological polar surface area (TPSA) is 72.9 Å². The smallest absolute Gasteiger partial charge is 0.339 e. The van der Waals surface area contributed by atoms with Crippen molar-refractivity contribution in [2.24, 2.45) is 5.73 Å². The van der Waals surface area contributed by atoms with E-state index in [9.17, 15) is 4.79 Å². The summed E-state index contributed by atoms with van der Waals surface area (Å²) in [6.45, 7) is 2.81. The first kappa shape index (κ1) is 8.10. The van der Waals surface area contributed by atoms with Gasteiger partial charge in [-0.3, -0.25) is 0 Å². The van der Waals surface area contributed by atoms with Gasteiger partial charge < -0.3 is 11.1 Å². The van der Waals surface area contributed by atoms with E-state index in [1.54, 1.807) is 0 Å². The molecule has 0 saturated heterocycles. The molecule has 0 bridgehead atoms. The number of fused-ring (bicyclic) bond motifs is 1. The van der Waals surface area contributed by atoms with Crippen LogP contribution in [0, 0.1) is 6.92 Å². The van der Waals surface area contributed by atoms with Crippen molar-refractivity contribution in [2.75, 3.05) is 11.9 Å². The van der Waals surface area contributed by atoms with Crippen molar-refractivity contribution in [2.45, 2.75) is 19.8 Å². The van der Waals surface area contributed by atoms with Gasteiger partial charge in [0.2, 0.25) is 0 Å². The lowest BCUT2D eigenvalue weighted by atomic mass is 10.1. The van der Waals surface area contributed by atoms with Gasteiger partial charge in [0.1, 0.15) is 0 Å². The van der Waals surface area contributed by atoms with Crippen molar-refractivity contribution in [3.05, 3.63) is 11.4 Å². The average molecular weight is 180 g/mol. The molecule has 0 aliphatic carbocycles. The standard InChI is InChI=1S/C8H12N4O/c1-5-7-6(3-2-4-10-7)12(11-5)8(9)13/h10H,2-4H2,1H3,(H2,9,13).